The van der Waals surface area contributed by atoms with Gasteiger partial charge in [0.1, 0.15) is 11.5 Å². The molecular formula is C25H24N2O4. The van der Waals surface area contributed by atoms with E-state index in [9.17, 15) is 9.59 Å². The topological polar surface area (TPSA) is 67.9 Å². The molecule has 1 saturated heterocycles. The van der Waals surface area contributed by atoms with Crippen molar-refractivity contribution >= 4 is 23.2 Å². The van der Waals surface area contributed by atoms with Crippen LogP contribution in [0.4, 0.5) is 11.4 Å². The van der Waals surface area contributed by atoms with E-state index in [1.54, 1.807) is 35.2 Å². The smallest absolute Gasteiger partial charge is 0.255 e. The molecule has 6 nitrogen and oxygen atoms in total. The van der Waals surface area contributed by atoms with Gasteiger partial charge in [-0.3, -0.25) is 9.59 Å². The van der Waals surface area contributed by atoms with Crippen molar-refractivity contribution in [2.75, 3.05) is 23.4 Å². The van der Waals surface area contributed by atoms with Crippen molar-refractivity contribution < 1.29 is 19.1 Å². The average molecular weight is 416 g/mol. The number of nitrogens with zero attached hydrogens (tertiary/aromatic N) is 1. The van der Waals surface area contributed by atoms with E-state index in [2.05, 4.69) is 5.32 Å². The maximum atomic E-state index is 12.9. The van der Waals surface area contributed by atoms with Crippen LogP contribution in [-0.2, 0) is 4.79 Å². The van der Waals surface area contributed by atoms with Crippen LogP contribution in [0.15, 0.2) is 72.8 Å². The van der Waals surface area contributed by atoms with Crippen LogP contribution in [0.5, 0.6) is 17.2 Å². The number of hydrogen-bond donors (Lipinski definition) is 1. The molecule has 0 radical (unpaired) electrons. The second-order valence-corrected chi connectivity index (χ2v) is 7.16. The zero-order valence-electron chi connectivity index (χ0n) is 17.3. The Bertz CT molecular complexity index is 1080. The number of hydrogen-bond acceptors (Lipinski definition) is 4. The van der Waals surface area contributed by atoms with Crippen molar-refractivity contribution in [2.45, 2.75) is 19.8 Å². The monoisotopic (exact) mass is 416 g/mol. The Kier molecular flexibility index (Phi) is 6.17. The van der Waals surface area contributed by atoms with Crippen LogP contribution >= 0.6 is 0 Å². The molecule has 0 aromatic heterocycles. The predicted molar refractivity (Wildman–Crippen MR) is 120 cm³/mol. The van der Waals surface area contributed by atoms with Gasteiger partial charge in [0.05, 0.1) is 12.3 Å². The lowest BCUT2D eigenvalue weighted by Crippen LogP contribution is -2.24. The molecule has 4 rings (SSSR count). The first-order valence-electron chi connectivity index (χ1n) is 10.4. The quantitative estimate of drug-likeness (QED) is 0.571. The number of carbonyl (C=O) groups excluding carboxylic acids is 2. The van der Waals surface area contributed by atoms with E-state index in [1.807, 2.05) is 49.4 Å². The molecule has 3 aromatic rings. The minimum Gasteiger partial charge on any atom is -0.494 e. The summed E-state index contributed by atoms with van der Waals surface area (Å²) in [5, 5.41) is 2.92. The molecule has 1 aliphatic heterocycles. The van der Waals surface area contributed by atoms with Gasteiger partial charge < -0.3 is 19.7 Å². The van der Waals surface area contributed by atoms with Crippen LogP contribution in [0, 0.1) is 0 Å². The van der Waals surface area contributed by atoms with E-state index in [4.69, 9.17) is 9.47 Å². The van der Waals surface area contributed by atoms with Crippen LogP contribution < -0.4 is 19.7 Å². The van der Waals surface area contributed by atoms with E-state index in [1.165, 1.54) is 0 Å². The number of benzene rings is 3. The summed E-state index contributed by atoms with van der Waals surface area (Å²) in [7, 11) is 0. The number of anilines is 2. The van der Waals surface area contributed by atoms with Gasteiger partial charge in [-0.25, -0.2) is 0 Å². The molecule has 0 aliphatic carbocycles. The first kappa shape index (κ1) is 20.5. The Hall–Kier alpha value is -3.80. The zero-order chi connectivity index (χ0) is 21.6. The summed E-state index contributed by atoms with van der Waals surface area (Å²) < 4.78 is 11.4. The first-order valence-corrected chi connectivity index (χ1v) is 10.4. The number of rotatable bonds is 7. The minimum atomic E-state index is -0.267. The van der Waals surface area contributed by atoms with Crippen LogP contribution in [0.25, 0.3) is 0 Å². The molecule has 2 amide bonds. The van der Waals surface area contributed by atoms with Crippen molar-refractivity contribution in [1.82, 2.24) is 0 Å². The van der Waals surface area contributed by atoms with E-state index in [0.29, 0.717) is 42.3 Å². The maximum Gasteiger partial charge on any atom is 0.255 e. The predicted octanol–water partition coefficient (Wildman–Crippen LogP) is 5.26. The zero-order valence-corrected chi connectivity index (χ0v) is 17.3. The van der Waals surface area contributed by atoms with Gasteiger partial charge in [-0.15, -0.1) is 0 Å². The van der Waals surface area contributed by atoms with Gasteiger partial charge >= 0.3 is 0 Å². The third-order valence-electron chi connectivity index (χ3n) is 4.99. The summed E-state index contributed by atoms with van der Waals surface area (Å²) in [5.74, 6) is 1.77. The third kappa shape index (κ3) is 4.86. The number of para-hydroxylation sites is 2. The first-order chi connectivity index (χ1) is 15.1. The largest absolute Gasteiger partial charge is 0.494 e. The van der Waals surface area contributed by atoms with Crippen molar-refractivity contribution in [3.05, 3.63) is 78.4 Å². The molecule has 6 heteroatoms. The second-order valence-electron chi connectivity index (χ2n) is 7.16. The Morgan fingerprint density at radius 1 is 1.00 bits per heavy atom. The van der Waals surface area contributed by atoms with Crippen LogP contribution in [0.2, 0.25) is 0 Å². The van der Waals surface area contributed by atoms with Crippen LogP contribution in [-0.4, -0.2) is 25.0 Å². The van der Waals surface area contributed by atoms with Gasteiger partial charge in [-0.2, -0.15) is 0 Å². The maximum absolute atomic E-state index is 12.9. The van der Waals surface area contributed by atoms with Gasteiger partial charge in [0, 0.05) is 24.2 Å². The minimum absolute atomic E-state index is 0.0895. The second kappa shape index (κ2) is 9.34. The van der Waals surface area contributed by atoms with Gasteiger partial charge in [0.2, 0.25) is 5.91 Å². The molecule has 31 heavy (non-hydrogen) atoms. The molecule has 1 aliphatic rings. The molecule has 1 N–H and O–H groups in total. The van der Waals surface area contributed by atoms with Crippen molar-refractivity contribution in [1.29, 1.82) is 0 Å². The number of amides is 2. The highest BCUT2D eigenvalue weighted by Crippen LogP contribution is 2.31. The summed E-state index contributed by atoms with van der Waals surface area (Å²) in [6.45, 7) is 3.22. The van der Waals surface area contributed by atoms with Crippen LogP contribution in [0.3, 0.4) is 0 Å². The van der Waals surface area contributed by atoms with Crippen molar-refractivity contribution in [2.24, 2.45) is 0 Å². The van der Waals surface area contributed by atoms with Crippen LogP contribution in [0.1, 0.15) is 30.1 Å². The summed E-state index contributed by atoms with van der Waals surface area (Å²) in [6.07, 6.45) is 1.39. The van der Waals surface area contributed by atoms with Gasteiger partial charge in [-0.1, -0.05) is 18.2 Å². The standard InChI is InChI=1S/C25H24N2O4/c1-2-30-20-12-14-21(15-13-20)31-23-10-4-3-9-22(23)26-25(29)18-7-5-8-19(17-18)27-16-6-11-24(27)28/h3-5,7-10,12-15,17H,2,6,11,16H2,1H3,(H,26,29). The lowest BCUT2D eigenvalue weighted by Gasteiger charge is -2.17. The van der Waals surface area contributed by atoms with Crippen molar-refractivity contribution in [3.63, 3.8) is 0 Å². The van der Waals surface area contributed by atoms with E-state index >= 15 is 0 Å². The summed E-state index contributed by atoms with van der Waals surface area (Å²) in [4.78, 5) is 26.6. The number of carbonyl (C=O) groups is 2. The molecule has 3 aromatic carbocycles. The highest BCUT2D eigenvalue weighted by atomic mass is 16.5. The molecule has 0 saturated carbocycles. The number of nitrogens with one attached hydrogen (secondary N) is 1. The average Bonchev–Trinajstić information content (AvgIpc) is 3.22. The Morgan fingerprint density at radius 3 is 2.52 bits per heavy atom. The highest BCUT2D eigenvalue weighted by Gasteiger charge is 2.22. The fourth-order valence-corrected chi connectivity index (χ4v) is 3.49. The summed E-state index contributed by atoms with van der Waals surface area (Å²) in [6, 6.07) is 21.7. The van der Waals surface area contributed by atoms with Gasteiger partial charge in [0.25, 0.3) is 5.91 Å². The molecule has 0 atom stereocenters. The molecule has 0 unspecified atom stereocenters. The van der Waals surface area contributed by atoms with E-state index in [-0.39, 0.29) is 11.8 Å². The Balaban J connectivity index is 1.50. The lowest BCUT2D eigenvalue weighted by atomic mass is 10.1. The molecule has 0 spiro atoms. The summed E-state index contributed by atoms with van der Waals surface area (Å²) in [5.41, 5.74) is 1.78. The van der Waals surface area contributed by atoms with Gasteiger partial charge in [-0.05, 0) is 67.9 Å². The van der Waals surface area contributed by atoms with E-state index in [0.717, 1.165) is 17.9 Å². The fourth-order valence-electron chi connectivity index (χ4n) is 3.49. The van der Waals surface area contributed by atoms with Crippen molar-refractivity contribution in [3.8, 4) is 17.2 Å². The molecular weight excluding hydrogens is 392 g/mol. The third-order valence-corrected chi connectivity index (χ3v) is 4.99. The molecule has 158 valence electrons. The molecule has 1 fully saturated rings. The fraction of sp³-hybridized carbons (Fsp3) is 0.200. The molecule has 1 heterocycles. The van der Waals surface area contributed by atoms with E-state index < -0.39 is 0 Å². The Labute approximate surface area is 181 Å². The SMILES string of the molecule is CCOc1ccc(Oc2ccccc2NC(=O)c2cccc(N3CCCC3=O)c2)cc1. The Morgan fingerprint density at radius 2 is 1.77 bits per heavy atom. The molecule has 0 bridgehead atoms. The highest BCUT2D eigenvalue weighted by molar-refractivity contribution is 6.06. The normalized spacial score (nSPS) is 13.2. The lowest BCUT2D eigenvalue weighted by molar-refractivity contribution is -0.117. The van der Waals surface area contributed by atoms with Gasteiger partial charge in [0.15, 0.2) is 5.75 Å². The number of ether oxygens (including phenoxy) is 2. The summed E-state index contributed by atoms with van der Waals surface area (Å²) >= 11 is 0.